The Morgan fingerprint density at radius 2 is 1.53 bits per heavy atom. The van der Waals surface area contributed by atoms with Gasteiger partial charge in [0, 0.05) is 29.6 Å². The van der Waals surface area contributed by atoms with Gasteiger partial charge in [0.15, 0.2) is 0 Å². The number of hydrogen-bond acceptors (Lipinski definition) is 5. The fraction of sp³-hybridized carbons (Fsp3) is 0.278. The van der Waals surface area contributed by atoms with E-state index in [1.54, 1.807) is 37.4 Å². The summed E-state index contributed by atoms with van der Waals surface area (Å²) in [5, 5.41) is 3.39. The lowest BCUT2D eigenvalue weighted by Crippen LogP contribution is -2.53. The first-order valence-corrected chi connectivity index (χ1v) is 17.5. The van der Waals surface area contributed by atoms with Crippen LogP contribution in [0.15, 0.2) is 102 Å². The van der Waals surface area contributed by atoms with Crippen LogP contribution < -0.4 is 14.4 Å². The highest BCUT2D eigenvalue weighted by molar-refractivity contribution is 7.92. The fourth-order valence-electron chi connectivity index (χ4n) is 5.08. The largest absolute Gasteiger partial charge is 0.497 e. The van der Waals surface area contributed by atoms with Gasteiger partial charge in [0.2, 0.25) is 11.8 Å². The van der Waals surface area contributed by atoms with E-state index in [-0.39, 0.29) is 39.5 Å². The summed E-state index contributed by atoms with van der Waals surface area (Å²) in [6.07, 6.45) is 1.86. The highest BCUT2D eigenvalue weighted by Crippen LogP contribution is 2.30. The summed E-state index contributed by atoms with van der Waals surface area (Å²) in [7, 11) is -2.74. The number of unbranched alkanes of at least 4 members (excludes halogenated alkanes) is 1. The Morgan fingerprint density at radius 1 is 0.872 bits per heavy atom. The van der Waals surface area contributed by atoms with Crippen LogP contribution >= 0.6 is 23.2 Å². The van der Waals surface area contributed by atoms with Crippen molar-refractivity contribution in [1.29, 1.82) is 0 Å². The first kappa shape index (κ1) is 35.8. The molecular formula is C36H39Cl2N3O5S. The number of methoxy groups -OCH3 is 1. The highest BCUT2D eigenvalue weighted by Gasteiger charge is 2.35. The molecule has 248 valence electrons. The summed E-state index contributed by atoms with van der Waals surface area (Å²) in [6, 6.07) is 26.3. The number of sulfonamides is 1. The molecule has 0 radical (unpaired) electrons. The second kappa shape index (κ2) is 16.7. The van der Waals surface area contributed by atoms with Crippen molar-refractivity contribution in [2.24, 2.45) is 0 Å². The maximum atomic E-state index is 14.6. The van der Waals surface area contributed by atoms with Gasteiger partial charge in [0.1, 0.15) is 18.3 Å². The Balaban J connectivity index is 1.82. The normalized spacial score (nSPS) is 11.9. The molecule has 0 bridgehead atoms. The van der Waals surface area contributed by atoms with Gasteiger partial charge in [-0.25, -0.2) is 8.42 Å². The first-order chi connectivity index (χ1) is 22.5. The number of carbonyl (C=O) groups excluding carboxylic acids is 2. The van der Waals surface area contributed by atoms with Gasteiger partial charge in [-0.1, -0.05) is 96.7 Å². The molecule has 4 rings (SSSR count). The SMILES string of the molecule is CCCCNC(=O)[C@H](Cc1ccccc1)N(Cc1cccc(OC)c1)C(=O)CN(c1cc(Cl)cc(Cl)c1)S(=O)(=O)c1ccc(C)cc1. The quantitative estimate of drug-likeness (QED) is 0.134. The van der Waals surface area contributed by atoms with Crippen LogP contribution in [0.5, 0.6) is 5.75 Å². The molecule has 0 spiro atoms. The minimum Gasteiger partial charge on any atom is -0.497 e. The summed E-state index contributed by atoms with van der Waals surface area (Å²) >= 11 is 12.6. The van der Waals surface area contributed by atoms with Crippen LogP contribution in [0.1, 0.15) is 36.5 Å². The molecule has 4 aromatic carbocycles. The minimum atomic E-state index is -4.29. The number of aryl methyl sites for hydroxylation is 1. The number of carbonyl (C=O) groups is 2. The molecule has 0 aliphatic rings. The maximum absolute atomic E-state index is 14.6. The van der Waals surface area contributed by atoms with Crippen molar-refractivity contribution in [1.82, 2.24) is 10.2 Å². The van der Waals surface area contributed by atoms with Gasteiger partial charge in [-0.3, -0.25) is 13.9 Å². The predicted octanol–water partition coefficient (Wildman–Crippen LogP) is 7.06. The topological polar surface area (TPSA) is 96.0 Å². The van der Waals surface area contributed by atoms with Crippen LogP contribution in [0.25, 0.3) is 0 Å². The molecule has 0 aromatic heterocycles. The lowest BCUT2D eigenvalue weighted by molar-refractivity contribution is -0.140. The lowest BCUT2D eigenvalue weighted by atomic mass is 10.0. The molecule has 11 heteroatoms. The van der Waals surface area contributed by atoms with Crippen LogP contribution in [0.3, 0.4) is 0 Å². The van der Waals surface area contributed by atoms with E-state index in [2.05, 4.69) is 5.32 Å². The third-order valence-electron chi connectivity index (χ3n) is 7.61. The van der Waals surface area contributed by atoms with E-state index in [1.807, 2.05) is 50.2 Å². The standard InChI is InChI=1S/C36H39Cl2N3O5S/c1-4-5-18-39-36(43)34(20-27-10-7-6-8-11-27)40(24-28-12-9-13-32(19-28)46-3)35(42)25-41(31-22-29(37)21-30(38)23-31)47(44,45)33-16-14-26(2)15-17-33/h6-17,19,21-23,34H,4-5,18,20,24-25H2,1-3H3,(H,39,43)/t34-/m0/s1. The van der Waals surface area contributed by atoms with E-state index in [0.29, 0.717) is 17.9 Å². The molecule has 4 aromatic rings. The fourth-order valence-corrected chi connectivity index (χ4v) is 6.99. The van der Waals surface area contributed by atoms with Gasteiger partial charge in [-0.15, -0.1) is 0 Å². The second-order valence-electron chi connectivity index (χ2n) is 11.2. The number of nitrogens with zero attached hydrogens (tertiary/aromatic N) is 2. The summed E-state index contributed by atoms with van der Waals surface area (Å²) < 4.78 is 34.8. The van der Waals surface area contributed by atoms with Gasteiger partial charge >= 0.3 is 0 Å². The molecule has 2 amide bonds. The highest BCUT2D eigenvalue weighted by atomic mass is 35.5. The van der Waals surface area contributed by atoms with Gasteiger partial charge in [0.05, 0.1) is 17.7 Å². The summed E-state index contributed by atoms with van der Waals surface area (Å²) in [6.45, 7) is 3.71. The second-order valence-corrected chi connectivity index (χ2v) is 13.9. The zero-order valence-corrected chi connectivity index (χ0v) is 29.0. The number of halogens is 2. The number of benzene rings is 4. The van der Waals surface area contributed by atoms with Crippen molar-refractivity contribution in [2.75, 3.05) is 24.5 Å². The molecule has 0 aliphatic carbocycles. The average molecular weight is 697 g/mol. The van der Waals surface area contributed by atoms with Crippen LogP contribution in [0, 0.1) is 6.92 Å². The molecular weight excluding hydrogens is 657 g/mol. The van der Waals surface area contributed by atoms with Crippen LogP contribution in [0.2, 0.25) is 10.0 Å². The number of amides is 2. The van der Waals surface area contributed by atoms with E-state index in [1.165, 1.54) is 35.2 Å². The van der Waals surface area contributed by atoms with Gasteiger partial charge in [-0.2, -0.15) is 0 Å². The minimum absolute atomic E-state index is 0.00973. The third kappa shape index (κ3) is 9.73. The van der Waals surface area contributed by atoms with Crippen molar-refractivity contribution in [3.8, 4) is 5.75 Å². The third-order valence-corrected chi connectivity index (χ3v) is 9.84. The smallest absolute Gasteiger partial charge is 0.264 e. The van der Waals surface area contributed by atoms with Crippen molar-refractivity contribution >= 4 is 50.7 Å². The number of ether oxygens (including phenoxy) is 1. The first-order valence-electron chi connectivity index (χ1n) is 15.3. The Labute approximate surface area is 287 Å². The number of rotatable bonds is 15. The van der Waals surface area contributed by atoms with Crippen LogP contribution in [-0.2, 0) is 32.6 Å². The molecule has 1 N–H and O–H groups in total. The molecule has 0 fully saturated rings. The zero-order chi connectivity index (χ0) is 34.0. The van der Waals surface area contributed by atoms with Crippen molar-refractivity contribution in [2.45, 2.75) is 50.6 Å². The van der Waals surface area contributed by atoms with Gasteiger partial charge in [0.25, 0.3) is 10.0 Å². The van der Waals surface area contributed by atoms with E-state index in [4.69, 9.17) is 27.9 Å². The van der Waals surface area contributed by atoms with Crippen LogP contribution in [0.4, 0.5) is 5.69 Å². The van der Waals surface area contributed by atoms with E-state index in [9.17, 15) is 18.0 Å². The monoisotopic (exact) mass is 695 g/mol. The lowest BCUT2D eigenvalue weighted by Gasteiger charge is -2.34. The Bertz CT molecular complexity index is 1750. The molecule has 0 saturated carbocycles. The molecule has 0 unspecified atom stereocenters. The number of hydrogen-bond donors (Lipinski definition) is 1. The van der Waals surface area contributed by atoms with E-state index >= 15 is 0 Å². The summed E-state index contributed by atoms with van der Waals surface area (Å²) in [4.78, 5) is 29.9. The molecule has 1 atom stereocenters. The summed E-state index contributed by atoms with van der Waals surface area (Å²) in [5.41, 5.74) is 2.54. The number of nitrogens with one attached hydrogen (secondary N) is 1. The maximum Gasteiger partial charge on any atom is 0.264 e. The van der Waals surface area contributed by atoms with Crippen LogP contribution in [-0.4, -0.2) is 51.4 Å². The molecule has 0 aliphatic heterocycles. The molecule has 8 nitrogen and oxygen atoms in total. The van der Waals surface area contributed by atoms with E-state index in [0.717, 1.165) is 28.3 Å². The Kier molecular flexibility index (Phi) is 12.7. The Morgan fingerprint density at radius 3 is 2.17 bits per heavy atom. The molecule has 0 saturated heterocycles. The molecule has 47 heavy (non-hydrogen) atoms. The predicted molar refractivity (Wildman–Crippen MR) is 188 cm³/mol. The van der Waals surface area contributed by atoms with Crippen molar-refractivity contribution in [3.05, 3.63) is 124 Å². The van der Waals surface area contributed by atoms with Gasteiger partial charge in [-0.05, 0) is 66.9 Å². The number of anilines is 1. The van der Waals surface area contributed by atoms with E-state index < -0.39 is 28.5 Å². The Hall–Kier alpha value is -4.05. The van der Waals surface area contributed by atoms with Crippen molar-refractivity contribution < 1.29 is 22.7 Å². The molecule has 0 heterocycles. The van der Waals surface area contributed by atoms with Gasteiger partial charge < -0.3 is 15.0 Å². The zero-order valence-electron chi connectivity index (χ0n) is 26.7. The van der Waals surface area contributed by atoms with Crippen molar-refractivity contribution in [3.63, 3.8) is 0 Å². The average Bonchev–Trinajstić information content (AvgIpc) is 3.05. The summed E-state index contributed by atoms with van der Waals surface area (Å²) in [5.74, 6) is -0.345.